The van der Waals surface area contributed by atoms with Gasteiger partial charge in [-0.25, -0.2) is 4.98 Å². The Hall–Kier alpha value is -2.90. The SMILES string of the molecule is CNC1CCN(c2ccc(NC(=O)c3ccc(-c4ccc(OC)nc4)s3)cc2)C1. The fraction of sp³-hybridized carbons (Fsp3) is 0.273. The van der Waals surface area contributed by atoms with Crippen molar-refractivity contribution in [2.75, 3.05) is 37.5 Å². The zero-order valence-corrected chi connectivity index (χ0v) is 17.3. The molecule has 1 atom stereocenters. The molecule has 1 amide bonds. The summed E-state index contributed by atoms with van der Waals surface area (Å²) in [4.78, 5) is 20.9. The number of thiophene rings is 1. The van der Waals surface area contributed by atoms with E-state index in [1.54, 1.807) is 13.3 Å². The summed E-state index contributed by atoms with van der Waals surface area (Å²) in [5, 5.41) is 6.32. The van der Waals surface area contributed by atoms with Crippen molar-refractivity contribution in [1.82, 2.24) is 10.3 Å². The number of carbonyl (C=O) groups excluding carboxylic acids is 1. The minimum absolute atomic E-state index is 0.105. The number of carbonyl (C=O) groups is 1. The minimum atomic E-state index is -0.105. The lowest BCUT2D eigenvalue weighted by atomic mass is 10.2. The molecule has 4 rings (SSSR count). The first-order valence-electron chi connectivity index (χ1n) is 9.60. The van der Waals surface area contributed by atoms with Crippen LogP contribution in [-0.2, 0) is 0 Å². The molecule has 0 bridgehead atoms. The van der Waals surface area contributed by atoms with Gasteiger partial charge in [0.25, 0.3) is 5.91 Å². The highest BCUT2D eigenvalue weighted by atomic mass is 32.1. The molecule has 150 valence electrons. The molecule has 0 spiro atoms. The Balaban J connectivity index is 1.40. The molecule has 3 aromatic rings. The molecule has 1 unspecified atom stereocenters. The number of methoxy groups -OCH3 is 1. The highest BCUT2D eigenvalue weighted by Gasteiger charge is 2.21. The quantitative estimate of drug-likeness (QED) is 0.648. The predicted octanol–water partition coefficient (Wildman–Crippen LogP) is 3.87. The van der Waals surface area contributed by atoms with Gasteiger partial charge < -0.3 is 20.3 Å². The first-order valence-corrected chi connectivity index (χ1v) is 10.4. The molecular formula is C22H24N4O2S. The summed E-state index contributed by atoms with van der Waals surface area (Å²) in [5.41, 5.74) is 2.94. The number of anilines is 2. The van der Waals surface area contributed by atoms with E-state index in [-0.39, 0.29) is 5.91 Å². The monoisotopic (exact) mass is 408 g/mol. The minimum Gasteiger partial charge on any atom is -0.481 e. The molecule has 2 aromatic heterocycles. The Morgan fingerprint density at radius 1 is 1.17 bits per heavy atom. The van der Waals surface area contributed by atoms with Crippen molar-refractivity contribution >= 4 is 28.6 Å². The third-order valence-corrected chi connectivity index (χ3v) is 6.28. The maximum absolute atomic E-state index is 12.6. The molecule has 1 aliphatic rings. The van der Waals surface area contributed by atoms with E-state index in [2.05, 4.69) is 32.7 Å². The third kappa shape index (κ3) is 4.41. The number of hydrogen-bond acceptors (Lipinski definition) is 6. The van der Waals surface area contributed by atoms with E-state index >= 15 is 0 Å². The van der Waals surface area contributed by atoms with Crippen LogP contribution >= 0.6 is 11.3 Å². The van der Waals surface area contributed by atoms with Crippen LogP contribution in [0, 0.1) is 0 Å². The number of ether oxygens (including phenoxy) is 1. The molecule has 1 aromatic carbocycles. The number of nitrogens with zero attached hydrogens (tertiary/aromatic N) is 2. The topological polar surface area (TPSA) is 66.5 Å². The van der Waals surface area contributed by atoms with E-state index in [0.29, 0.717) is 16.8 Å². The van der Waals surface area contributed by atoms with Crippen LogP contribution in [0.25, 0.3) is 10.4 Å². The van der Waals surface area contributed by atoms with Crippen LogP contribution in [0.4, 0.5) is 11.4 Å². The Bertz CT molecular complexity index is 969. The van der Waals surface area contributed by atoms with Gasteiger partial charge in [0.1, 0.15) is 0 Å². The van der Waals surface area contributed by atoms with Crippen LogP contribution in [0.15, 0.2) is 54.7 Å². The van der Waals surface area contributed by atoms with Crippen molar-refractivity contribution in [2.24, 2.45) is 0 Å². The van der Waals surface area contributed by atoms with Crippen LogP contribution in [-0.4, -0.2) is 44.2 Å². The number of aromatic nitrogens is 1. The fourth-order valence-corrected chi connectivity index (χ4v) is 4.33. The lowest BCUT2D eigenvalue weighted by molar-refractivity contribution is 0.103. The van der Waals surface area contributed by atoms with Crippen LogP contribution in [0.2, 0.25) is 0 Å². The summed E-state index contributed by atoms with van der Waals surface area (Å²) in [6.45, 7) is 2.07. The Morgan fingerprint density at radius 3 is 2.66 bits per heavy atom. The number of nitrogens with one attached hydrogen (secondary N) is 2. The zero-order chi connectivity index (χ0) is 20.2. The second-order valence-corrected chi connectivity index (χ2v) is 8.06. The summed E-state index contributed by atoms with van der Waals surface area (Å²) >= 11 is 1.45. The van der Waals surface area contributed by atoms with Gasteiger partial charge in [-0.1, -0.05) is 0 Å². The van der Waals surface area contributed by atoms with Gasteiger partial charge in [0.2, 0.25) is 5.88 Å². The summed E-state index contributed by atoms with van der Waals surface area (Å²) in [6.07, 6.45) is 2.90. The highest BCUT2D eigenvalue weighted by Crippen LogP contribution is 2.29. The molecule has 1 saturated heterocycles. The van der Waals surface area contributed by atoms with E-state index in [1.165, 1.54) is 17.0 Å². The Morgan fingerprint density at radius 2 is 2.00 bits per heavy atom. The van der Waals surface area contributed by atoms with Crippen LogP contribution in [0.5, 0.6) is 5.88 Å². The molecule has 0 saturated carbocycles. The van der Waals surface area contributed by atoms with Crippen molar-refractivity contribution in [3.8, 4) is 16.3 Å². The van der Waals surface area contributed by atoms with Gasteiger partial charge in [-0.2, -0.15) is 0 Å². The summed E-state index contributed by atoms with van der Waals surface area (Å²) in [6, 6.07) is 16.1. The molecule has 1 aliphatic heterocycles. The number of pyridine rings is 1. The highest BCUT2D eigenvalue weighted by molar-refractivity contribution is 7.17. The molecule has 0 radical (unpaired) electrons. The summed E-state index contributed by atoms with van der Waals surface area (Å²) in [7, 11) is 3.60. The number of hydrogen-bond donors (Lipinski definition) is 2. The second kappa shape index (κ2) is 8.63. The smallest absolute Gasteiger partial charge is 0.265 e. The molecule has 29 heavy (non-hydrogen) atoms. The maximum atomic E-state index is 12.6. The van der Waals surface area contributed by atoms with Gasteiger partial charge in [-0.15, -0.1) is 11.3 Å². The lowest BCUT2D eigenvalue weighted by Gasteiger charge is -2.19. The maximum Gasteiger partial charge on any atom is 0.265 e. The molecular weight excluding hydrogens is 384 g/mol. The van der Waals surface area contributed by atoms with Gasteiger partial charge in [0, 0.05) is 53.2 Å². The average molecular weight is 409 g/mol. The number of likely N-dealkylation sites (N-methyl/N-ethyl adjacent to an activating group) is 1. The lowest BCUT2D eigenvalue weighted by Crippen LogP contribution is -2.29. The van der Waals surface area contributed by atoms with Gasteiger partial charge in [-0.3, -0.25) is 4.79 Å². The third-order valence-electron chi connectivity index (χ3n) is 5.15. The van der Waals surface area contributed by atoms with Gasteiger partial charge in [0.05, 0.1) is 12.0 Å². The predicted molar refractivity (Wildman–Crippen MR) is 118 cm³/mol. The van der Waals surface area contributed by atoms with Crippen molar-refractivity contribution in [3.63, 3.8) is 0 Å². The van der Waals surface area contributed by atoms with E-state index in [1.807, 2.05) is 43.4 Å². The van der Waals surface area contributed by atoms with Crippen LogP contribution in [0.1, 0.15) is 16.1 Å². The van der Waals surface area contributed by atoms with Gasteiger partial charge in [-0.05, 0) is 55.9 Å². The molecule has 7 heteroatoms. The first-order chi connectivity index (χ1) is 14.2. The van der Waals surface area contributed by atoms with Crippen LogP contribution in [0.3, 0.4) is 0 Å². The molecule has 0 aliphatic carbocycles. The number of rotatable bonds is 6. The molecule has 1 fully saturated rings. The zero-order valence-electron chi connectivity index (χ0n) is 16.5. The number of benzene rings is 1. The standard InChI is InChI=1S/C22H24N4O2S/c1-23-17-11-12-26(14-17)18-6-4-16(5-7-18)25-22(27)20-9-8-19(29-20)15-3-10-21(28-2)24-13-15/h3-10,13,17,23H,11-12,14H2,1-2H3,(H,25,27). The van der Waals surface area contributed by atoms with Gasteiger partial charge >= 0.3 is 0 Å². The Kier molecular flexibility index (Phi) is 5.78. The molecule has 3 heterocycles. The normalized spacial score (nSPS) is 16.1. The number of amides is 1. The van der Waals surface area contributed by atoms with Crippen molar-refractivity contribution in [2.45, 2.75) is 12.5 Å². The van der Waals surface area contributed by atoms with E-state index < -0.39 is 0 Å². The van der Waals surface area contributed by atoms with E-state index in [9.17, 15) is 4.79 Å². The van der Waals surface area contributed by atoms with E-state index in [4.69, 9.17) is 4.74 Å². The van der Waals surface area contributed by atoms with Crippen LogP contribution < -0.4 is 20.3 Å². The first kappa shape index (κ1) is 19.4. The second-order valence-electron chi connectivity index (χ2n) is 6.97. The van der Waals surface area contributed by atoms with Crippen molar-refractivity contribution in [1.29, 1.82) is 0 Å². The van der Waals surface area contributed by atoms with Gasteiger partial charge in [0.15, 0.2) is 0 Å². The Labute approximate surface area is 174 Å². The summed E-state index contributed by atoms with van der Waals surface area (Å²) < 4.78 is 5.09. The fourth-order valence-electron chi connectivity index (χ4n) is 3.44. The summed E-state index contributed by atoms with van der Waals surface area (Å²) in [5.74, 6) is 0.467. The molecule has 2 N–H and O–H groups in total. The average Bonchev–Trinajstić information content (AvgIpc) is 3.44. The van der Waals surface area contributed by atoms with E-state index in [0.717, 1.165) is 35.6 Å². The largest absolute Gasteiger partial charge is 0.481 e. The molecule has 6 nitrogen and oxygen atoms in total. The van der Waals surface area contributed by atoms with Crippen molar-refractivity contribution in [3.05, 3.63) is 59.6 Å². The van der Waals surface area contributed by atoms with Crippen molar-refractivity contribution < 1.29 is 9.53 Å².